The van der Waals surface area contributed by atoms with Gasteiger partial charge in [-0.1, -0.05) is 6.58 Å². The Bertz CT molecular complexity index is 669. The molecule has 0 bridgehead atoms. The molecule has 0 fully saturated rings. The Kier molecular flexibility index (Phi) is 8.67. The lowest BCUT2D eigenvalue weighted by Crippen LogP contribution is -2.01. The van der Waals surface area contributed by atoms with Crippen LogP contribution in [0.1, 0.15) is 38.2 Å². The molecule has 124 valence electrons. The lowest BCUT2D eigenvalue weighted by molar-refractivity contribution is 0.0522. The summed E-state index contributed by atoms with van der Waals surface area (Å²) in [4.78, 5) is 30.9. The Hall–Kier alpha value is -1.58. The van der Waals surface area contributed by atoms with Gasteiger partial charge in [0.1, 0.15) is 14.8 Å². The van der Waals surface area contributed by atoms with Gasteiger partial charge in [-0.3, -0.25) is 0 Å². The number of nitrogens with zero attached hydrogens (tertiary/aromatic N) is 2. The molecule has 0 saturated carbocycles. The Morgan fingerprint density at radius 2 is 1.65 bits per heavy atom. The summed E-state index contributed by atoms with van der Waals surface area (Å²) in [6.07, 6.45) is 4.60. The Balaban J connectivity index is 0.000000231. The van der Waals surface area contributed by atoms with Gasteiger partial charge in [0.05, 0.1) is 25.6 Å². The minimum Gasteiger partial charge on any atom is -0.462 e. The van der Waals surface area contributed by atoms with Gasteiger partial charge in [0.25, 0.3) is 0 Å². The molecule has 0 aliphatic heterocycles. The standard InChI is InChI=1S/C8H9NO2S.C6H6BrNO2S/c1-3-7-9-5-6(12-7)8(10)11-4-2;1-2-10-5(9)4-3-8-6(7)11-4/h3,5H,1,4H2,2H3;3H,2H2,1H3. The number of halogens is 1. The van der Waals surface area contributed by atoms with Gasteiger partial charge in [-0.05, 0) is 35.9 Å². The first-order valence-electron chi connectivity index (χ1n) is 6.55. The molecule has 0 saturated heterocycles. The number of aromatic nitrogens is 2. The number of ether oxygens (including phenoxy) is 2. The van der Waals surface area contributed by atoms with E-state index in [4.69, 9.17) is 9.47 Å². The highest BCUT2D eigenvalue weighted by Gasteiger charge is 2.09. The molecule has 0 atom stereocenters. The third-order valence-electron chi connectivity index (χ3n) is 2.13. The summed E-state index contributed by atoms with van der Waals surface area (Å²) in [6, 6.07) is 0. The minimum absolute atomic E-state index is 0.310. The van der Waals surface area contributed by atoms with Crippen LogP contribution in [-0.4, -0.2) is 35.1 Å². The van der Waals surface area contributed by atoms with E-state index in [1.807, 2.05) is 0 Å². The van der Waals surface area contributed by atoms with Crippen LogP contribution in [0.5, 0.6) is 0 Å². The number of hydrogen-bond acceptors (Lipinski definition) is 8. The Morgan fingerprint density at radius 3 is 2.04 bits per heavy atom. The zero-order chi connectivity index (χ0) is 17.2. The number of esters is 2. The fourth-order valence-electron chi connectivity index (χ4n) is 1.23. The summed E-state index contributed by atoms with van der Waals surface area (Å²) in [6.45, 7) is 7.87. The summed E-state index contributed by atoms with van der Waals surface area (Å²) in [5.41, 5.74) is 0. The number of hydrogen-bond donors (Lipinski definition) is 0. The van der Waals surface area contributed by atoms with Gasteiger partial charge in [-0.2, -0.15) is 0 Å². The van der Waals surface area contributed by atoms with Gasteiger partial charge in [0.15, 0.2) is 3.92 Å². The van der Waals surface area contributed by atoms with Crippen molar-refractivity contribution in [3.8, 4) is 0 Å². The Labute approximate surface area is 150 Å². The molecule has 9 heteroatoms. The summed E-state index contributed by atoms with van der Waals surface area (Å²) in [5.74, 6) is -0.626. The van der Waals surface area contributed by atoms with Gasteiger partial charge in [-0.25, -0.2) is 19.6 Å². The molecule has 0 amide bonds. The van der Waals surface area contributed by atoms with Crippen LogP contribution < -0.4 is 0 Å². The predicted octanol–water partition coefficient (Wildman–Crippen LogP) is 4.05. The molecule has 0 unspecified atom stereocenters. The van der Waals surface area contributed by atoms with Crippen LogP contribution in [0.15, 0.2) is 22.9 Å². The van der Waals surface area contributed by atoms with Crippen molar-refractivity contribution in [3.63, 3.8) is 0 Å². The van der Waals surface area contributed by atoms with E-state index in [2.05, 4.69) is 32.5 Å². The van der Waals surface area contributed by atoms with Gasteiger partial charge < -0.3 is 9.47 Å². The molecule has 0 aliphatic rings. The van der Waals surface area contributed by atoms with Crippen LogP contribution in [0.25, 0.3) is 6.08 Å². The van der Waals surface area contributed by atoms with E-state index >= 15 is 0 Å². The highest BCUT2D eigenvalue weighted by atomic mass is 79.9. The van der Waals surface area contributed by atoms with Gasteiger partial charge in [0.2, 0.25) is 0 Å². The van der Waals surface area contributed by atoms with E-state index in [-0.39, 0.29) is 11.9 Å². The summed E-state index contributed by atoms with van der Waals surface area (Å²) in [7, 11) is 0. The van der Waals surface area contributed by atoms with Crippen molar-refractivity contribution in [2.75, 3.05) is 13.2 Å². The molecule has 2 aromatic rings. The van der Waals surface area contributed by atoms with E-state index in [9.17, 15) is 9.59 Å². The lowest BCUT2D eigenvalue weighted by Gasteiger charge is -1.95. The van der Waals surface area contributed by atoms with Crippen molar-refractivity contribution < 1.29 is 19.1 Å². The maximum Gasteiger partial charge on any atom is 0.349 e. The van der Waals surface area contributed by atoms with E-state index in [0.29, 0.717) is 26.9 Å². The van der Waals surface area contributed by atoms with Crippen molar-refractivity contribution in [1.82, 2.24) is 9.97 Å². The zero-order valence-electron chi connectivity index (χ0n) is 12.6. The van der Waals surface area contributed by atoms with E-state index in [1.54, 1.807) is 19.9 Å². The highest BCUT2D eigenvalue weighted by Crippen LogP contribution is 2.18. The lowest BCUT2D eigenvalue weighted by atomic mass is 10.5. The second-order valence-electron chi connectivity index (χ2n) is 3.69. The maximum atomic E-state index is 11.1. The molecule has 0 N–H and O–H groups in total. The summed E-state index contributed by atoms with van der Waals surface area (Å²) < 4.78 is 10.2. The topological polar surface area (TPSA) is 78.4 Å². The number of thiazole rings is 2. The first-order valence-corrected chi connectivity index (χ1v) is 8.98. The molecule has 0 aliphatic carbocycles. The second-order valence-corrected chi connectivity index (χ2v) is 7.05. The van der Waals surface area contributed by atoms with Crippen LogP contribution >= 0.6 is 38.6 Å². The minimum atomic E-state index is -0.317. The van der Waals surface area contributed by atoms with Crippen molar-refractivity contribution in [2.45, 2.75) is 13.8 Å². The zero-order valence-corrected chi connectivity index (χ0v) is 15.8. The highest BCUT2D eigenvalue weighted by molar-refractivity contribution is 9.11. The molecule has 0 aromatic carbocycles. The third kappa shape index (κ3) is 6.59. The molecule has 2 heterocycles. The van der Waals surface area contributed by atoms with Crippen molar-refractivity contribution in [3.05, 3.63) is 37.7 Å². The largest absolute Gasteiger partial charge is 0.462 e. The maximum absolute atomic E-state index is 11.1. The van der Waals surface area contributed by atoms with Crippen molar-refractivity contribution in [2.24, 2.45) is 0 Å². The molecular weight excluding hydrogens is 404 g/mol. The average molecular weight is 419 g/mol. The van der Waals surface area contributed by atoms with Crippen LogP contribution in [0.2, 0.25) is 0 Å². The van der Waals surface area contributed by atoms with Crippen LogP contribution in [0.3, 0.4) is 0 Å². The summed E-state index contributed by atoms with van der Waals surface area (Å²) >= 11 is 5.70. The molecule has 2 aromatic heterocycles. The second kappa shape index (κ2) is 10.2. The molecular formula is C14H15BrN2O4S2. The normalized spacial score (nSPS) is 9.52. The number of rotatable bonds is 5. The van der Waals surface area contributed by atoms with Crippen molar-refractivity contribution in [1.29, 1.82) is 0 Å². The van der Waals surface area contributed by atoms with Crippen LogP contribution in [-0.2, 0) is 9.47 Å². The van der Waals surface area contributed by atoms with Gasteiger partial charge in [-0.15, -0.1) is 22.7 Å². The van der Waals surface area contributed by atoms with Crippen LogP contribution in [0, 0.1) is 0 Å². The van der Waals surface area contributed by atoms with Crippen molar-refractivity contribution >= 4 is 56.6 Å². The quantitative estimate of drug-likeness (QED) is 0.681. The molecule has 6 nitrogen and oxygen atoms in total. The first-order chi connectivity index (χ1) is 11.0. The smallest absolute Gasteiger partial charge is 0.349 e. The van der Waals surface area contributed by atoms with E-state index < -0.39 is 0 Å². The van der Waals surface area contributed by atoms with E-state index in [1.165, 1.54) is 35.1 Å². The molecule has 0 radical (unpaired) electrons. The fraction of sp³-hybridized carbons (Fsp3) is 0.286. The van der Waals surface area contributed by atoms with Gasteiger partial charge in [0, 0.05) is 0 Å². The molecule has 2 rings (SSSR count). The molecule has 0 spiro atoms. The number of carbonyl (C=O) groups excluding carboxylic acids is 2. The first kappa shape index (κ1) is 19.5. The van der Waals surface area contributed by atoms with E-state index in [0.717, 1.165) is 5.01 Å². The summed E-state index contributed by atoms with van der Waals surface area (Å²) in [5, 5.41) is 0.734. The monoisotopic (exact) mass is 418 g/mol. The SMILES string of the molecule is C=Cc1ncc(C(=O)OCC)s1.CCOC(=O)c1cnc(Br)s1. The van der Waals surface area contributed by atoms with Gasteiger partial charge >= 0.3 is 11.9 Å². The average Bonchev–Trinajstić information content (AvgIpc) is 3.17. The fourth-order valence-corrected chi connectivity index (χ4v) is 3.05. The molecule has 23 heavy (non-hydrogen) atoms. The Morgan fingerprint density at radius 1 is 1.13 bits per heavy atom. The third-order valence-corrected chi connectivity index (χ3v) is 4.56. The predicted molar refractivity (Wildman–Crippen MR) is 93.9 cm³/mol. The van der Waals surface area contributed by atoms with Crippen LogP contribution in [0.4, 0.5) is 0 Å². The number of carbonyl (C=O) groups is 2.